The first kappa shape index (κ1) is 18.7. The Balaban J connectivity index is 1.91. The lowest BCUT2D eigenvalue weighted by Gasteiger charge is -2.32. The molecule has 5 nitrogen and oxygen atoms in total. The molecule has 0 spiro atoms. The number of halogens is 2. The molecule has 0 unspecified atom stereocenters. The lowest BCUT2D eigenvalue weighted by molar-refractivity contribution is -0.133. The van der Waals surface area contributed by atoms with Gasteiger partial charge in [-0.3, -0.25) is 9.59 Å². The number of aryl methyl sites for hydroxylation is 1. The number of carbonyl (C=O) groups excluding carboxylic acids is 1. The van der Waals surface area contributed by atoms with Gasteiger partial charge in [-0.15, -0.1) is 0 Å². The highest BCUT2D eigenvalue weighted by Crippen LogP contribution is 2.30. The number of benzene rings is 1. The first-order chi connectivity index (χ1) is 12.5. The average molecular weight is 393 g/mol. The van der Waals surface area contributed by atoms with Gasteiger partial charge in [-0.25, -0.2) is 0 Å². The van der Waals surface area contributed by atoms with E-state index >= 15 is 0 Å². The van der Waals surface area contributed by atoms with Crippen LogP contribution in [-0.4, -0.2) is 35.1 Å². The van der Waals surface area contributed by atoms with E-state index in [1.165, 1.54) is 16.2 Å². The first-order valence-corrected chi connectivity index (χ1v) is 8.94. The molecule has 0 N–H and O–H groups in total. The van der Waals surface area contributed by atoms with Crippen LogP contribution in [0.25, 0.3) is 11.1 Å². The maximum absolute atomic E-state index is 12.0. The van der Waals surface area contributed by atoms with Crippen molar-refractivity contribution in [3.05, 3.63) is 69.1 Å². The van der Waals surface area contributed by atoms with Crippen LogP contribution in [0.15, 0.2) is 52.9 Å². The van der Waals surface area contributed by atoms with Crippen molar-refractivity contribution < 1.29 is 9.53 Å². The number of carbonyl (C=O) groups is 1. The van der Waals surface area contributed by atoms with Gasteiger partial charge in [-0.2, -0.15) is 0 Å². The standard InChI is InChI=1S/C19H18Cl2N2O3/c1-22-5-3-13(11-19(22)25)14-8-15(10-16(21)9-14)17-12-23(6-7-26-17)18(24)2-4-20/h2-5,8-11,17H,6-7,12H2,1H3/b4-2-/t17-/m0/s1. The average Bonchev–Trinajstić information content (AvgIpc) is 2.64. The summed E-state index contributed by atoms with van der Waals surface area (Å²) in [5.41, 5.74) is 3.59. The number of nitrogens with zero attached hydrogens (tertiary/aromatic N) is 2. The fourth-order valence-corrected chi connectivity index (χ4v) is 3.25. The van der Waals surface area contributed by atoms with Crippen molar-refractivity contribution >= 4 is 29.1 Å². The monoisotopic (exact) mass is 392 g/mol. The van der Waals surface area contributed by atoms with Crippen molar-refractivity contribution in [2.24, 2.45) is 7.05 Å². The second-order valence-corrected chi connectivity index (χ2v) is 6.76. The Labute approximate surface area is 161 Å². The molecule has 1 aliphatic heterocycles. The first-order valence-electron chi connectivity index (χ1n) is 8.13. The van der Waals surface area contributed by atoms with Crippen LogP contribution in [0.4, 0.5) is 0 Å². The van der Waals surface area contributed by atoms with Crippen molar-refractivity contribution in [2.45, 2.75) is 6.10 Å². The Kier molecular flexibility index (Phi) is 5.81. The van der Waals surface area contributed by atoms with E-state index in [2.05, 4.69) is 0 Å². The van der Waals surface area contributed by atoms with Crippen LogP contribution >= 0.6 is 23.2 Å². The minimum absolute atomic E-state index is 0.0948. The van der Waals surface area contributed by atoms with E-state index in [1.807, 2.05) is 24.3 Å². The summed E-state index contributed by atoms with van der Waals surface area (Å²) in [5.74, 6) is -0.151. The number of pyridine rings is 1. The number of aromatic nitrogens is 1. The molecular weight excluding hydrogens is 375 g/mol. The SMILES string of the molecule is Cn1ccc(-c2cc(Cl)cc([C@@H]3CN(C(=O)/C=C\Cl)CCO3)c2)cc1=O. The third-order valence-corrected chi connectivity index (χ3v) is 4.66. The van der Waals surface area contributed by atoms with Gasteiger partial charge in [0.15, 0.2) is 0 Å². The molecule has 1 saturated heterocycles. The maximum Gasteiger partial charge on any atom is 0.250 e. The van der Waals surface area contributed by atoms with Gasteiger partial charge in [0.2, 0.25) is 5.91 Å². The van der Waals surface area contributed by atoms with E-state index in [4.69, 9.17) is 27.9 Å². The summed E-state index contributed by atoms with van der Waals surface area (Å²) >= 11 is 11.8. The largest absolute Gasteiger partial charge is 0.370 e. The molecule has 0 radical (unpaired) electrons. The van der Waals surface area contributed by atoms with Gasteiger partial charge in [0.25, 0.3) is 5.56 Å². The molecular formula is C19H18Cl2N2O3. The topological polar surface area (TPSA) is 51.5 Å². The van der Waals surface area contributed by atoms with Crippen molar-refractivity contribution in [1.29, 1.82) is 0 Å². The smallest absolute Gasteiger partial charge is 0.250 e. The summed E-state index contributed by atoms with van der Waals surface area (Å²) in [6.07, 6.45) is 2.75. The minimum Gasteiger partial charge on any atom is -0.370 e. The van der Waals surface area contributed by atoms with Crippen LogP contribution in [0.5, 0.6) is 0 Å². The zero-order valence-corrected chi connectivity index (χ0v) is 15.7. The molecule has 136 valence electrons. The van der Waals surface area contributed by atoms with E-state index in [-0.39, 0.29) is 17.6 Å². The summed E-state index contributed by atoms with van der Waals surface area (Å²) in [5, 5.41) is 0.547. The van der Waals surface area contributed by atoms with Crippen LogP contribution < -0.4 is 5.56 Å². The van der Waals surface area contributed by atoms with Crippen LogP contribution in [0, 0.1) is 0 Å². The number of ether oxygens (including phenoxy) is 1. The third-order valence-electron chi connectivity index (χ3n) is 4.31. The molecule has 1 amide bonds. The number of morpholine rings is 1. The second kappa shape index (κ2) is 8.08. The lowest BCUT2D eigenvalue weighted by Crippen LogP contribution is -2.41. The highest BCUT2D eigenvalue weighted by molar-refractivity contribution is 6.31. The van der Waals surface area contributed by atoms with Gasteiger partial charge in [0.1, 0.15) is 6.10 Å². The van der Waals surface area contributed by atoms with Crippen LogP contribution in [0.2, 0.25) is 5.02 Å². The van der Waals surface area contributed by atoms with Crippen LogP contribution in [0.3, 0.4) is 0 Å². The summed E-state index contributed by atoms with van der Waals surface area (Å²) < 4.78 is 7.34. The quantitative estimate of drug-likeness (QED) is 0.752. The Morgan fingerprint density at radius 1 is 1.27 bits per heavy atom. The number of hydrogen-bond acceptors (Lipinski definition) is 3. The Bertz CT molecular complexity index is 908. The lowest BCUT2D eigenvalue weighted by atomic mass is 10.0. The predicted molar refractivity (Wildman–Crippen MR) is 102 cm³/mol. The fourth-order valence-electron chi connectivity index (χ4n) is 2.90. The highest BCUT2D eigenvalue weighted by atomic mass is 35.5. The molecule has 26 heavy (non-hydrogen) atoms. The second-order valence-electron chi connectivity index (χ2n) is 6.07. The molecule has 1 fully saturated rings. The molecule has 3 rings (SSSR count). The summed E-state index contributed by atoms with van der Waals surface area (Å²) in [4.78, 5) is 25.6. The molecule has 0 bridgehead atoms. The molecule has 1 aliphatic rings. The van der Waals surface area contributed by atoms with E-state index in [0.717, 1.165) is 16.7 Å². The zero-order chi connectivity index (χ0) is 18.7. The number of amides is 1. The molecule has 0 aliphatic carbocycles. The summed E-state index contributed by atoms with van der Waals surface area (Å²) in [6, 6.07) is 9.00. The molecule has 7 heteroatoms. The van der Waals surface area contributed by atoms with E-state index in [9.17, 15) is 9.59 Å². The molecule has 2 aromatic rings. The van der Waals surface area contributed by atoms with Crippen molar-refractivity contribution in [2.75, 3.05) is 19.7 Å². The Morgan fingerprint density at radius 3 is 2.81 bits per heavy atom. The molecule has 1 aromatic carbocycles. The van der Waals surface area contributed by atoms with Gasteiger partial charge in [-0.05, 0) is 41.0 Å². The minimum atomic E-state index is -0.291. The third kappa shape index (κ3) is 4.18. The van der Waals surface area contributed by atoms with Gasteiger partial charge >= 0.3 is 0 Å². The van der Waals surface area contributed by atoms with E-state index in [1.54, 1.807) is 24.2 Å². The zero-order valence-electron chi connectivity index (χ0n) is 14.2. The Morgan fingerprint density at radius 2 is 2.08 bits per heavy atom. The fraction of sp³-hybridized carbons (Fsp3) is 0.263. The number of rotatable bonds is 3. The van der Waals surface area contributed by atoms with Crippen molar-refractivity contribution in [1.82, 2.24) is 9.47 Å². The van der Waals surface area contributed by atoms with E-state index < -0.39 is 0 Å². The molecule has 2 heterocycles. The normalized spacial score (nSPS) is 17.7. The van der Waals surface area contributed by atoms with Gasteiger partial charge in [0, 0.05) is 42.5 Å². The van der Waals surface area contributed by atoms with E-state index in [0.29, 0.717) is 24.7 Å². The van der Waals surface area contributed by atoms with Crippen LogP contribution in [-0.2, 0) is 16.6 Å². The highest BCUT2D eigenvalue weighted by Gasteiger charge is 2.25. The summed E-state index contributed by atoms with van der Waals surface area (Å²) in [7, 11) is 1.70. The maximum atomic E-state index is 12.0. The molecule has 1 aromatic heterocycles. The van der Waals surface area contributed by atoms with Crippen molar-refractivity contribution in [3.8, 4) is 11.1 Å². The van der Waals surface area contributed by atoms with Gasteiger partial charge in [-0.1, -0.05) is 23.2 Å². The van der Waals surface area contributed by atoms with Crippen LogP contribution in [0.1, 0.15) is 11.7 Å². The van der Waals surface area contributed by atoms with Gasteiger partial charge < -0.3 is 14.2 Å². The van der Waals surface area contributed by atoms with Crippen molar-refractivity contribution in [3.63, 3.8) is 0 Å². The molecule has 1 atom stereocenters. The van der Waals surface area contributed by atoms with Gasteiger partial charge in [0.05, 0.1) is 13.2 Å². The predicted octanol–water partition coefficient (Wildman–Crippen LogP) is 3.36. The summed E-state index contributed by atoms with van der Waals surface area (Å²) in [6.45, 7) is 1.36. The number of hydrogen-bond donors (Lipinski definition) is 0. The molecule has 0 saturated carbocycles. The Hall–Kier alpha value is -2.08.